The lowest BCUT2D eigenvalue weighted by atomic mass is 10.2. The fraction of sp³-hybridized carbons (Fsp3) is 0.143. The predicted octanol–water partition coefficient (Wildman–Crippen LogP) is 2.08. The molecule has 0 unspecified atom stereocenters. The summed E-state index contributed by atoms with van der Waals surface area (Å²) < 4.78 is 15.4. The van der Waals surface area contributed by atoms with E-state index in [-0.39, 0.29) is 5.82 Å². The molecule has 0 fully saturated rings. The van der Waals surface area contributed by atoms with Crippen LogP contribution in [-0.2, 0) is 13.1 Å². The van der Waals surface area contributed by atoms with E-state index in [1.54, 1.807) is 29.1 Å². The standard InChI is InChI=1S/C14H13FN4/c15-12-6-2-1-4-10(12)9-19-14-11(5-3-7-17-14)13(8-16)18-19/h1-7H,8-9,16H2. The molecule has 96 valence electrons. The molecule has 0 aliphatic carbocycles. The molecule has 4 nitrogen and oxygen atoms in total. The van der Waals surface area contributed by atoms with Gasteiger partial charge in [-0.2, -0.15) is 5.10 Å². The van der Waals surface area contributed by atoms with Crippen LogP contribution in [0.1, 0.15) is 11.3 Å². The van der Waals surface area contributed by atoms with Gasteiger partial charge in [0.05, 0.1) is 12.2 Å². The van der Waals surface area contributed by atoms with Crippen molar-refractivity contribution in [2.75, 3.05) is 0 Å². The summed E-state index contributed by atoms with van der Waals surface area (Å²) in [5.74, 6) is -0.239. The molecule has 3 aromatic rings. The topological polar surface area (TPSA) is 56.7 Å². The van der Waals surface area contributed by atoms with Gasteiger partial charge >= 0.3 is 0 Å². The molecule has 0 radical (unpaired) electrons. The number of benzene rings is 1. The van der Waals surface area contributed by atoms with Crippen molar-refractivity contribution in [2.24, 2.45) is 5.73 Å². The number of hydrogen-bond donors (Lipinski definition) is 1. The molecule has 2 heterocycles. The fourth-order valence-electron chi connectivity index (χ4n) is 2.12. The minimum atomic E-state index is -0.239. The molecule has 0 aliphatic heterocycles. The van der Waals surface area contributed by atoms with Crippen molar-refractivity contribution in [1.82, 2.24) is 14.8 Å². The number of aromatic nitrogens is 3. The Balaban J connectivity index is 2.09. The molecule has 0 amide bonds. The first-order valence-electron chi connectivity index (χ1n) is 6.03. The number of nitrogens with zero attached hydrogens (tertiary/aromatic N) is 3. The van der Waals surface area contributed by atoms with E-state index in [1.807, 2.05) is 12.1 Å². The van der Waals surface area contributed by atoms with Gasteiger partial charge in [-0.1, -0.05) is 18.2 Å². The number of nitrogens with two attached hydrogens (primary N) is 1. The van der Waals surface area contributed by atoms with Crippen molar-refractivity contribution >= 4 is 11.0 Å². The van der Waals surface area contributed by atoms with Crippen molar-refractivity contribution in [3.05, 3.63) is 59.7 Å². The molecule has 0 saturated carbocycles. The van der Waals surface area contributed by atoms with Gasteiger partial charge in [0.15, 0.2) is 5.65 Å². The van der Waals surface area contributed by atoms with Gasteiger partial charge in [0.2, 0.25) is 0 Å². The summed E-state index contributed by atoms with van der Waals surface area (Å²) in [4.78, 5) is 4.30. The highest BCUT2D eigenvalue weighted by molar-refractivity contribution is 5.78. The molecule has 0 spiro atoms. The van der Waals surface area contributed by atoms with Gasteiger partial charge in [-0.15, -0.1) is 0 Å². The van der Waals surface area contributed by atoms with Crippen LogP contribution in [0.3, 0.4) is 0 Å². The monoisotopic (exact) mass is 256 g/mol. The SMILES string of the molecule is NCc1nn(Cc2ccccc2F)c2ncccc12. The molecule has 0 bridgehead atoms. The Kier molecular flexibility index (Phi) is 2.97. The van der Waals surface area contributed by atoms with Crippen LogP contribution < -0.4 is 5.73 Å². The zero-order chi connectivity index (χ0) is 13.2. The maximum Gasteiger partial charge on any atom is 0.158 e. The van der Waals surface area contributed by atoms with E-state index < -0.39 is 0 Å². The quantitative estimate of drug-likeness (QED) is 0.780. The van der Waals surface area contributed by atoms with E-state index in [2.05, 4.69) is 10.1 Å². The number of fused-ring (bicyclic) bond motifs is 1. The van der Waals surface area contributed by atoms with Crippen LogP contribution in [0.15, 0.2) is 42.6 Å². The lowest BCUT2D eigenvalue weighted by Crippen LogP contribution is -2.05. The highest BCUT2D eigenvalue weighted by Crippen LogP contribution is 2.17. The smallest absolute Gasteiger partial charge is 0.158 e. The van der Waals surface area contributed by atoms with Gasteiger partial charge in [0.1, 0.15) is 5.82 Å². The Hall–Kier alpha value is -2.27. The van der Waals surface area contributed by atoms with Crippen molar-refractivity contribution in [1.29, 1.82) is 0 Å². The average Bonchev–Trinajstić information content (AvgIpc) is 2.80. The van der Waals surface area contributed by atoms with Crippen molar-refractivity contribution in [3.8, 4) is 0 Å². The molecule has 19 heavy (non-hydrogen) atoms. The average molecular weight is 256 g/mol. The molecule has 0 aliphatic rings. The first kappa shape index (κ1) is 11.8. The summed E-state index contributed by atoms with van der Waals surface area (Å²) in [5.41, 5.74) is 7.76. The lowest BCUT2D eigenvalue weighted by Gasteiger charge is -2.04. The van der Waals surface area contributed by atoms with Crippen molar-refractivity contribution < 1.29 is 4.39 Å². The summed E-state index contributed by atoms with van der Waals surface area (Å²) in [6.07, 6.45) is 1.70. The first-order chi connectivity index (χ1) is 9.29. The summed E-state index contributed by atoms with van der Waals surface area (Å²) in [6, 6.07) is 10.4. The Morgan fingerprint density at radius 2 is 2.00 bits per heavy atom. The maximum atomic E-state index is 13.7. The van der Waals surface area contributed by atoms with E-state index in [4.69, 9.17) is 5.73 Å². The minimum Gasteiger partial charge on any atom is -0.325 e. The zero-order valence-corrected chi connectivity index (χ0v) is 10.3. The van der Waals surface area contributed by atoms with E-state index >= 15 is 0 Å². The van der Waals surface area contributed by atoms with Crippen LogP contribution in [0.25, 0.3) is 11.0 Å². The number of rotatable bonds is 3. The van der Waals surface area contributed by atoms with Crippen LogP contribution in [0.2, 0.25) is 0 Å². The number of hydrogen-bond acceptors (Lipinski definition) is 3. The van der Waals surface area contributed by atoms with E-state index in [0.717, 1.165) is 16.7 Å². The molecule has 0 saturated heterocycles. The summed E-state index contributed by atoms with van der Waals surface area (Å²) in [5, 5.41) is 5.32. The fourth-order valence-corrected chi connectivity index (χ4v) is 2.12. The summed E-state index contributed by atoms with van der Waals surface area (Å²) in [7, 11) is 0. The Labute approximate surface area is 109 Å². The Morgan fingerprint density at radius 1 is 1.16 bits per heavy atom. The van der Waals surface area contributed by atoms with Crippen LogP contribution in [0.5, 0.6) is 0 Å². The largest absolute Gasteiger partial charge is 0.325 e. The third-order valence-electron chi connectivity index (χ3n) is 3.05. The minimum absolute atomic E-state index is 0.239. The zero-order valence-electron chi connectivity index (χ0n) is 10.3. The normalized spacial score (nSPS) is 11.1. The predicted molar refractivity (Wildman–Crippen MR) is 70.9 cm³/mol. The van der Waals surface area contributed by atoms with Crippen LogP contribution >= 0.6 is 0 Å². The molecular formula is C14H13FN4. The third kappa shape index (κ3) is 2.08. The van der Waals surface area contributed by atoms with Gasteiger partial charge in [-0.3, -0.25) is 0 Å². The maximum absolute atomic E-state index is 13.7. The molecule has 2 N–H and O–H groups in total. The van der Waals surface area contributed by atoms with Gasteiger partial charge in [0, 0.05) is 23.7 Å². The third-order valence-corrected chi connectivity index (χ3v) is 3.05. The van der Waals surface area contributed by atoms with Crippen LogP contribution in [-0.4, -0.2) is 14.8 Å². The molecule has 2 aromatic heterocycles. The Bertz CT molecular complexity index is 720. The second-order valence-corrected chi connectivity index (χ2v) is 4.27. The Morgan fingerprint density at radius 3 is 2.79 bits per heavy atom. The van der Waals surface area contributed by atoms with Gasteiger partial charge < -0.3 is 5.73 Å². The van der Waals surface area contributed by atoms with E-state index in [9.17, 15) is 4.39 Å². The molecule has 1 aromatic carbocycles. The van der Waals surface area contributed by atoms with Crippen molar-refractivity contribution in [2.45, 2.75) is 13.1 Å². The molecule has 5 heteroatoms. The molecular weight excluding hydrogens is 243 g/mol. The van der Waals surface area contributed by atoms with Crippen LogP contribution in [0.4, 0.5) is 4.39 Å². The van der Waals surface area contributed by atoms with E-state index in [1.165, 1.54) is 6.07 Å². The molecule has 0 atom stereocenters. The molecule has 3 rings (SSSR count). The number of halogens is 1. The van der Waals surface area contributed by atoms with Gasteiger partial charge in [-0.05, 0) is 18.2 Å². The number of pyridine rings is 1. The highest BCUT2D eigenvalue weighted by Gasteiger charge is 2.11. The second kappa shape index (κ2) is 4.78. The van der Waals surface area contributed by atoms with Crippen LogP contribution in [0, 0.1) is 5.82 Å². The van der Waals surface area contributed by atoms with Gasteiger partial charge in [0.25, 0.3) is 0 Å². The lowest BCUT2D eigenvalue weighted by molar-refractivity contribution is 0.587. The second-order valence-electron chi connectivity index (χ2n) is 4.27. The summed E-state index contributed by atoms with van der Waals surface area (Å²) >= 11 is 0. The first-order valence-corrected chi connectivity index (χ1v) is 6.03. The highest BCUT2D eigenvalue weighted by atomic mass is 19.1. The van der Waals surface area contributed by atoms with Gasteiger partial charge in [-0.25, -0.2) is 14.1 Å². The summed E-state index contributed by atoms with van der Waals surface area (Å²) in [6.45, 7) is 0.687. The van der Waals surface area contributed by atoms with E-state index in [0.29, 0.717) is 18.7 Å². The van der Waals surface area contributed by atoms with Crippen molar-refractivity contribution in [3.63, 3.8) is 0 Å².